The van der Waals surface area contributed by atoms with Crippen molar-refractivity contribution in [1.82, 2.24) is 0 Å². The van der Waals surface area contributed by atoms with Crippen molar-refractivity contribution in [2.24, 2.45) is 11.1 Å². The second-order valence-corrected chi connectivity index (χ2v) is 4.65. The van der Waals surface area contributed by atoms with Crippen LogP contribution < -0.4 is 5.73 Å². The highest BCUT2D eigenvalue weighted by Crippen LogP contribution is 2.38. The van der Waals surface area contributed by atoms with Gasteiger partial charge in [-0.15, -0.1) is 0 Å². The van der Waals surface area contributed by atoms with Crippen molar-refractivity contribution in [3.05, 3.63) is 11.6 Å². The third kappa shape index (κ3) is 1.31. The van der Waals surface area contributed by atoms with Gasteiger partial charge in [-0.1, -0.05) is 19.9 Å². The highest BCUT2D eigenvalue weighted by atomic mass is 14.8. The van der Waals surface area contributed by atoms with E-state index < -0.39 is 0 Å². The van der Waals surface area contributed by atoms with E-state index in [4.69, 9.17) is 11.1 Å². The van der Waals surface area contributed by atoms with E-state index in [-0.39, 0.29) is 11.0 Å². The molecule has 1 atom stereocenters. The molecule has 0 amide bonds. The second kappa shape index (κ2) is 2.43. The van der Waals surface area contributed by atoms with Crippen molar-refractivity contribution in [2.45, 2.75) is 39.7 Å². The van der Waals surface area contributed by atoms with Gasteiger partial charge in [-0.2, -0.15) is 0 Å². The SMILES string of the molecule is CC1=CC(C)(N)C(C)(C)CC1=N. The van der Waals surface area contributed by atoms with Crippen LogP contribution in [0.5, 0.6) is 0 Å². The molecule has 1 aliphatic carbocycles. The van der Waals surface area contributed by atoms with Gasteiger partial charge in [-0.25, -0.2) is 0 Å². The molecule has 0 bridgehead atoms. The zero-order valence-corrected chi connectivity index (χ0v) is 8.36. The highest BCUT2D eigenvalue weighted by molar-refractivity contribution is 5.98. The average molecular weight is 166 g/mol. The third-order valence-corrected chi connectivity index (χ3v) is 3.07. The molecule has 0 fully saturated rings. The fourth-order valence-corrected chi connectivity index (χ4v) is 1.50. The largest absolute Gasteiger partial charge is 0.322 e. The van der Waals surface area contributed by atoms with Crippen molar-refractivity contribution in [1.29, 1.82) is 5.41 Å². The van der Waals surface area contributed by atoms with Gasteiger partial charge in [0.2, 0.25) is 0 Å². The molecule has 0 aromatic heterocycles. The fourth-order valence-electron chi connectivity index (χ4n) is 1.50. The maximum Gasteiger partial charge on any atom is 0.0372 e. The number of allylic oxidation sites excluding steroid dienone is 1. The van der Waals surface area contributed by atoms with E-state index in [1.54, 1.807) is 0 Å². The Morgan fingerprint density at radius 2 is 1.92 bits per heavy atom. The number of nitrogens with one attached hydrogen (secondary N) is 1. The summed E-state index contributed by atoms with van der Waals surface area (Å²) in [6, 6.07) is 0. The summed E-state index contributed by atoms with van der Waals surface area (Å²) >= 11 is 0. The molecule has 1 unspecified atom stereocenters. The topological polar surface area (TPSA) is 49.9 Å². The van der Waals surface area contributed by atoms with Gasteiger partial charge in [0, 0.05) is 11.3 Å². The summed E-state index contributed by atoms with van der Waals surface area (Å²) in [6.07, 6.45) is 2.79. The summed E-state index contributed by atoms with van der Waals surface area (Å²) < 4.78 is 0. The van der Waals surface area contributed by atoms with E-state index in [1.165, 1.54) is 0 Å². The summed E-state index contributed by atoms with van der Waals surface area (Å²) in [6.45, 7) is 8.22. The Kier molecular flexibility index (Phi) is 1.91. The third-order valence-electron chi connectivity index (χ3n) is 3.07. The molecule has 0 radical (unpaired) electrons. The Labute approximate surface area is 74.4 Å². The minimum atomic E-state index is -0.276. The number of hydrogen-bond donors (Lipinski definition) is 2. The maximum atomic E-state index is 7.70. The summed E-state index contributed by atoms with van der Waals surface area (Å²) in [7, 11) is 0. The van der Waals surface area contributed by atoms with Crippen LogP contribution in [0.3, 0.4) is 0 Å². The molecule has 1 rings (SSSR count). The molecule has 2 nitrogen and oxygen atoms in total. The molecule has 0 aliphatic heterocycles. The molecule has 3 N–H and O–H groups in total. The van der Waals surface area contributed by atoms with Gasteiger partial charge < -0.3 is 11.1 Å². The minimum Gasteiger partial charge on any atom is -0.322 e. The van der Waals surface area contributed by atoms with Gasteiger partial charge in [0.15, 0.2) is 0 Å². The van der Waals surface area contributed by atoms with Crippen LogP contribution >= 0.6 is 0 Å². The predicted octanol–water partition coefficient (Wildman–Crippen LogP) is 2.10. The monoisotopic (exact) mass is 166 g/mol. The highest BCUT2D eigenvalue weighted by Gasteiger charge is 2.40. The Hall–Kier alpha value is -0.630. The van der Waals surface area contributed by atoms with Crippen molar-refractivity contribution < 1.29 is 0 Å². The number of nitrogens with two attached hydrogens (primary N) is 1. The number of hydrogen-bond acceptors (Lipinski definition) is 2. The molecule has 0 spiro atoms. The van der Waals surface area contributed by atoms with E-state index in [2.05, 4.69) is 13.8 Å². The van der Waals surface area contributed by atoms with Gasteiger partial charge in [0.05, 0.1) is 0 Å². The lowest BCUT2D eigenvalue weighted by Gasteiger charge is -2.43. The first kappa shape index (κ1) is 9.46. The Morgan fingerprint density at radius 1 is 1.42 bits per heavy atom. The fraction of sp³-hybridized carbons (Fsp3) is 0.700. The van der Waals surface area contributed by atoms with Crippen LogP contribution in [0.4, 0.5) is 0 Å². The Morgan fingerprint density at radius 3 is 2.33 bits per heavy atom. The quantitative estimate of drug-likeness (QED) is 0.569. The van der Waals surface area contributed by atoms with Crippen LogP contribution in [0.1, 0.15) is 34.1 Å². The molecule has 2 heteroatoms. The van der Waals surface area contributed by atoms with Crippen LogP contribution in [0.25, 0.3) is 0 Å². The lowest BCUT2D eigenvalue weighted by Crippen LogP contribution is -2.52. The number of rotatable bonds is 0. The summed E-state index contributed by atoms with van der Waals surface area (Å²) in [5, 5.41) is 7.70. The van der Waals surface area contributed by atoms with Gasteiger partial charge >= 0.3 is 0 Å². The maximum absolute atomic E-state index is 7.70. The van der Waals surface area contributed by atoms with E-state index in [0.29, 0.717) is 0 Å². The van der Waals surface area contributed by atoms with Crippen LogP contribution in [-0.4, -0.2) is 11.3 Å². The average Bonchev–Trinajstić information content (AvgIpc) is 1.82. The van der Waals surface area contributed by atoms with E-state index in [1.807, 2.05) is 19.9 Å². The lowest BCUT2D eigenvalue weighted by atomic mass is 9.66. The first-order valence-corrected chi connectivity index (χ1v) is 4.32. The molecule has 68 valence electrons. The summed E-state index contributed by atoms with van der Waals surface area (Å²) in [5.41, 5.74) is 7.61. The molecule has 0 aromatic rings. The predicted molar refractivity (Wildman–Crippen MR) is 52.5 cm³/mol. The second-order valence-electron chi connectivity index (χ2n) is 4.65. The first-order chi connectivity index (χ1) is 5.26. The summed E-state index contributed by atoms with van der Waals surface area (Å²) in [4.78, 5) is 0. The van der Waals surface area contributed by atoms with Crippen molar-refractivity contribution >= 4 is 5.71 Å². The zero-order valence-electron chi connectivity index (χ0n) is 8.36. The van der Waals surface area contributed by atoms with Gasteiger partial charge in [0.25, 0.3) is 0 Å². The van der Waals surface area contributed by atoms with Crippen LogP contribution in [-0.2, 0) is 0 Å². The first-order valence-electron chi connectivity index (χ1n) is 4.32. The van der Waals surface area contributed by atoms with Crippen molar-refractivity contribution in [2.75, 3.05) is 0 Å². The van der Waals surface area contributed by atoms with E-state index >= 15 is 0 Å². The normalized spacial score (nSPS) is 34.8. The van der Waals surface area contributed by atoms with Crippen LogP contribution in [0.15, 0.2) is 11.6 Å². The van der Waals surface area contributed by atoms with E-state index in [0.717, 1.165) is 17.7 Å². The lowest BCUT2D eigenvalue weighted by molar-refractivity contribution is 0.236. The molecule has 0 saturated carbocycles. The Bertz CT molecular complexity index is 247. The van der Waals surface area contributed by atoms with E-state index in [9.17, 15) is 0 Å². The van der Waals surface area contributed by atoms with Gasteiger partial charge in [-0.05, 0) is 31.3 Å². The van der Waals surface area contributed by atoms with Crippen LogP contribution in [0, 0.1) is 10.8 Å². The standard InChI is InChI=1S/C10H18N2/c1-7-5-10(4,12)9(2,3)6-8(7)11/h5,11H,6,12H2,1-4H3. The van der Waals surface area contributed by atoms with Gasteiger partial charge in [0.1, 0.15) is 0 Å². The smallest absolute Gasteiger partial charge is 0.0372 e. The molecule has 1 aliphatic rings. The van der Waals surface area contributed by atoms with Crippen molar-refractivity contribution in [3.8, 4) is 0 Å². The molecular formula is C10H18N2. The molecule has 0 saturated heterocycles. The Balaban J connectivity index is 3.11. The van der Waals surface area contributed by atoms with Crippen LogP contribution in [0.2, 0.25) is 0 Å². The molecular weight excluding hydrogens is 148 g/mol. The zero-order chi connectivity index (χ0) is 9.57. The molecule has 12 heavy (non-hydrogen) atoms. The minimum absolute atomic E-state index is 0.00356. The summed E-state index contributed by atoms with van der Waals surface area (Å²) in [5.74, 6) is 0. The van der Waals surface area contributed by atoms with Crippen molar-refractivity contribution in [3.63, 3.8) is 0 Å². The van der Waals surface area contributed by atoms with Gasteiger partial charge in [-0.3, -0.25) is 0 Å². The molecule has 0 aromatic carbocycles. The molecule has 0 heterocycles.